The number of halogens is 3. The van der Waals surface area contributed by atoms with Gasteiger partial charge in [-0.3, -0.25) is 4.57 Å². The number of benzene rings is 1. The number of aliphatic hydroxyl groups is 1. The second kappa shape index (κ2) is 8.09. The van der Waals surface area contributed by atoms with E-state index in [0.29, 0.717) is 27.9 Å². The maximum absolute atomic E-state index is 14.5. The molecule has 1 heterocycles. The van der Waals surface area contributed by atoms with Gasteiger partial charge >= 0.3 is 5.69 Å². The van der Waals surface area contributed by atoms with E-state index >= 15 is 0 Å². The molecule has 0 atom stereocenters. The Hall–Kier alpha value is -1.45. The molecule has 6 nitrogen and oxygen atoms in total. The fraction of sp³-hybridized carbons (Fsp3) is 0.333. The molecular weight excluding hydrogens is 449 g/mol. The third kappa shape index (κ3) is 3.79. The topological polar surface area (TPSA) is 69.3 Å². The molecule has 0 aliphatic heterocycles. The smallest absolute Gasteiger partial charge is 0.350 e. The Morgan fingerprint density at radius 1 is 1.42 bits per heavy atom. The molecule has 0 aliphatic rings. The minimum atomic E-state index is -0.627. The van der Waals surface area contributed by atoms with Crippen LogP contribution in [0.25, 0.3) is 11.8 Å². The van der Waals surface area contributed by atoms with Crippen LogP contribution in [0.15, 0.2) is 20.3 Å². The number of aliphatic hydroxyl groups excluding tert-OH is 1. The van der Waals surface area contributed by atoms with Crippen molar-refractivity contribution in [1.82, 2.24) is 14.3 Å². The minimum absolute atomic E-state index is 0.0341. The van der Waals surface area contributed by atoms with Crippen molar-refractivity contribution in [3.05, 3.63) is 43.2 Å². The number of aromatic nitrogens is 3. The predicted molar refractivity (Wildman–Crippen MR) is 96.4 cm³/mol. The van der Waals surface area contributed by atoms with E-state index in [1.807, 2.05) is 6.92 Å². The van der Waals surface area contributed by atoms with E-state index in [2.05, 4.69) is 37.0 Å². The van der Waals surface area contributed by atoms with Gasteiger partial charge in [0.1, 0.15) is 23.9 Å². The molecule has 130 valence electrons. The van der Waals surface area contributed by atoms with Crippen molar-refractivity contribution < 1.29 is 14.2 Å². The van der Waals surface area contributed by atoms with E-state index in [0.717, 1.165) is 4.68 Å². The van der Waals surface area contributed by atoms with Gasteiger partial charge in [-0.05, 0) is 57.8 Å². The molecule has 0 amide bonds. The van der Waals surface area contributed by atoms with Gasteiger partial charge in [-0.25, -0.2) is 9.18 Å². The Labute approximate surface area is 154 Å². The molecule has 9 heteroatoms. The zero-order valence-corrected chi connectivity index (χ0v) is 16.3. The van der Waals surface area contributed by atoms with E-state index in [9.17, 15) is 14.3 Å². The van der Waals surface area contributed by atoms with Crippen LogP contribution in [0.2, 0.25) is 0 Å². The molecular formula is C15H16Br2FN3O3. The predicted octanol–water partition coefficient (Wildman–Crippen LogP) is 3.17. The van der Waals surface area contributed by atoms with Crippen LogP contribution in [0.3, 0.4) is 0 Å². The van der Waals surface area contributed by atoms with Crippen molar-refractivity contribution >= 4 is 37.9 Å². The Balaban J connectivity index is 2.68. The average Bonchev–Trinajstić information content (AvgIpc) is 2.85. The van der Waals surface area contributed by atoms with Gasteiger partial charge in [0.15, 0.2) is 5.82 Å². The second-order valence-electron chi connectivity index (χ2n) is 4.72. The van der Waals surface area contributed by atoms with Crippen molar-refractivity contribution in [3.63, 3.8) is 0 Å². The molecule has 0 saturated heterocycles. The maximum Gasteiger partial charge on any atom is 0.350 e. The third-order valence-electron chi connectivity index (χ3n) is 3.27. The van der Waals surface area contributed by atoms with Gasteiger partial charge in [-0.1, -0.05) is 0 Å². The lowest BCUT2D eigenvalue weighted by molar-refractivity contribution is 0.264. The monoisotopic (exact) mass is 463 g/mol. The lowest BCUT2D eigenvalue weighted by Crippen LogP contribution is -2.24. The average molecular weight is 465 g/mol. The second-order valence-corrected chi connectivity index (χ2v) is 7.49. The summed E-state index contributed by atoms with van der Waals surface area (Å²) >= 11 is 6.46. The van der Waals surface area contributed by atoms with E-state index in [1.54, 1.807) is 13.0 Å². The number of ether oxygens (including phenoxy) is 1. The summed E-state index contributed by atoms with van der Waals surface area (Å²) in [5.74, 6) is -0.0425. The largest absolute Gasteiger partial charge is 0.493 e. The first-order valence-corrected chi connectivity index (χ1v) is 8.80. The Morgan fingerprint density at radius 2 is 2.12 bits per heavy atom. The van der Waals surface area contributed by atoms with Crippen molar-refractivity contribution in [2.75, 3.05) is 6.61 Å². The van der Waals surface area contributed by atoms with E-state index in [-0.39, 0.29) is 11.5 Å². The minimum Gasteiger partial charge on any atom is -0.493 e. The van der Waals surface area contributed by atoms with Gasteiger partial charge in [-0.15, -0.1) is 5.10 Å². The van der Waals surface area contributed by atoms with E-state index in [4.69, 9.17) is 4.74 Å². The molecule has 1 aromatic carbocycles. The van der Waals surface area contributed by atoms with Crippen LogP contribution in [0.5, 0.6) is 5.75 Å². The summed E-state index contributed by atoms with van der Waals surface area (Å²) in [6.07, 6.45) is 1.64. The Morgan fingerprint density at radius 3 is 2.62 bits per heavy atom. The maximum atomic E-state index is 14.5. The highest BCUT2D eigenvalue weighted by atomic mass is 79.9. The molecule has 2 rings (SSSR count). The summed E-state index contributed by atoms with van der Waals surface area (Å²) < 4.78 is 22.9. The van der Waals surface area contributed by atoms with Gasteiger partial charge in [0, 0.05) is 18.2 Å². The van der Waals surface area contributed by atoms with Crippen LogP contribution < -0.4 is 10.4 Å². The molecule has 0 aliphatic carbocycles. The normalized spacial score (nSPS) is 10.8. The molecule has 0 spiro atoms. The van der Waals surface area contributed by atoms with Crippen LogP contribution in [-0.4, -0.2) is 26.1 Å². The molecule has 1 aromatic heterocycles. The molecule has 0 saturated carbocycles. The summed E-state index contributed by atoms with van der Waals surface area (Å²) in [6.45, 7) is 3.85. The lowest BCUT2D eigenvalue weighted by atomic mass is 10.1. The molecule has 0 unspecified atom stereocenters. The first-order chi connectivity index (χ1) is 11.4. The number of hydrogen-bond acceptors (Lipinski definition) is 4. The van der Waals surface area contributed by atoms with Crippen molar-refractivity contribution in [2.45, 2.75) is 27.0 Å². The standard InChI is InChI=1S/C15H16Br2FN3O3/c1-3-20-14(8-22)19-21(15(20)23)11-7-12(24-4-2)9(5-10(11)18)6-13(16)17/h5-7,22H,3-4,8H2,1-2H3. The molecule has 0 bridgehead atoms. The van der Waals surface area contributed by atoms with Gasteiger partial charge in [-0.2, -0.15) is 4.68 Å². The van der Waals surface area contributed by atoms with Crippen LogP contribution in [0.1, 0.15) is 25.2 Å². The Bertz CT molecular complexity index is 826. The lowest BCUT2D eigenvalue weighted by Gasteiger charge is -2.11. The van der Waals surface area contributed by atoms with Crippen LogP contribution >= 0.6 is 31.9 Å². The zero-order valence-electron chi connectivity index (χ0n) is 13.1. The first-order valence-electron chi connectivity index (χ1n) is 7.21. The Kier molecular flexibility index (Phi) is 6.36. The number of nitrogens with zero attached hydrogens (tertiary/aromatic N) is 3. The van der Waals surface area contributed by atoms with E-state index in [1.165, 1.54) is 16.7 Å². The highest BCUT2D eigenvalue weighted by Gasteiger charge is 2.18. The van der Waals surface area contributed by atoms with Gasteiger partial charge in [0.2, 0.25) is 0 Å². The fourth-order valence-electron chi connectivity index (χ4n) is 2.26. The van der Waals surface area contributed by atoms with Gasteiger partial charge in [0.05, 0.1) is 10.00 Å². The van der Waals surface area contributed by atoms with Crippen molar-refractivity contribution in [3.8, 4) is 11.4 Å². The van der Waals surface area contributed by atoms with Crippen molar-refractivity contribution in [2.24, 2.45) is 0 Å². The van der Waals surface area contributed by atoms with Gasteiger partial charge < -0.3 is 9.84 Å². The molecule has 2 aromatic rings. The van der Waals surface area contributed by atoms with Gasteiger partial charge in [0.25, 0.3) is 0 Å². The fourth-order valence-corrected chi connectivity index (χ4v) is 2.75. The molecule has 24 heavy (non-hydrogen) atoms. The zero-order chi connectivity index (χ0) is 17.9. The quantitative estimate of drug-likeness (QED) is 0.712. The first kappa shape index (κ1) is 18.9. The number of rotatable bonds is 6. The van der Waals surface area contributed by atoms with Crippen molar-refractivity contribution in [1.29, 1.82) is 0 Å². The summed E-state index contributed by atoms with van der Waals surface area (Å²) in [4.78, 5) is 12.4. The molecule has 0 radical (unpaired) electrons. The third-order valence-corrected chi connectivity index (χ3v) is 3.73. The SMILES string of the molecule is CCOc1cc(-n2nc(CO)n(CC)c2=O)c(F)cc1C=C(Br)Br. The van der Waals surface area contributed by atoms with E-state index < -0.39 is 18.1 Å². The van der Waals surface area contributed by atoms with Crippen LogP contribution in [0.4, 0.5) is 4.39 Å². The molecule has 1 N–H and O–H groups in total. The highest BCUT2D eigenvalue weighted by Crippen LogP contribution is 2.29. The summed E-state index contributed by atoms with van der Waals surface area (Å²) in [5, 5.41) is 13.3. The van der Waals surface area contributed by atoms with Crippen LogP contribution in [0, 0.1) is 5.82 Å². The van der Waals surface area contributed by atoms with Crippen LogP contribution in [-0.2, 0) is 13.2 Å². The summed E-state index contributed by atoms with van der Waals surface area (Å²) in [5.41, 5.74) is -0.0479. The summed E-state index contributed by atoms with van der Waals surface area (Å²) in [7, 11) is 0. The number of hydrogen-bond donors (Lipinski definition) is 1. The highest BCUT2D eigenvalue weighted by molar-refractivity contribution is 9.28. The molecule has 0 fully saturated rings. The summed E-state index contributed by atoms with van der Waals surface area (Å²) in [6, 6.07) is 2.68.